The molecule has 0 unspecified atom stereocenters. The molecule has 1 nitrogen and oxygen atoms in total. The van der Waals surface area contributed by atoms with Crippen molar-refractivity contribution in [3.05, 3.63) is 83.9 Å². The van der Waals surface area contributed by atoms with E-state index in [1.54, 1.807) is 0 Å². The van der Waals surface area contributed by atoms with Gasteiger partial charge in [0.1, 0.15) is 0 Å². The van der Waals surface area contributed by atoms with E-state index >= 15 is 0 Å². The van der Waals surface area contributed by atoms with E-state index < -0.39 is 0 Å². The van der Waals surface area contributed by atoms with Crippen LogP contribution in [0.25, 0.3) is 10.8 Å². The second-order valence-corrected chi connectivity index (χ2v) is 5.94. The zero-order valence-electron chi connectivity index (χ0n) is 13.1. The summed E-state index contributed by atoms with van der Waals surface area (Å²) in [5.41, 5.74) is 2.80. The Bertz CT molecular complexity index is 713. The molecule has 0 fully saturated rings. The normalized spacial score (nSPS) is 12.4. The van der Waals surface area contributed by atoms with Gasteiger partial charge in [-0.15, -0.1) is 0 Å². The molecule has 0 spiro atoms. The summed E-state index contributed by atoms with van der Waals surface area (Å²) in [5.74, 6) is 0. The lowest BCUT2D eigenvalue weighted by Gasteiger charge is -2.15. The highest BCUT2D eigenvalue weighted by Crippen LogP contribution is 2.18. The highest BCUT2D eigenvalue weighted by Gasteiger charge is 2.04. The Morgan fingerprint density at radius 2 is 1.55 bits per heavy atom. The Morgan fingerprint density at radius 1 is 0.818 bits per heavy atom. The quantitative estimate of drug-likeness (QED) is 0.677. The molecule has 0 aliphatic heterocycles. The minimum Gasteiger partial charge on any atom is -0.310 e. The summed E-state index contributed by atoms with van der Waals surface area (Å²) in [6.07, 6.45) is 2.29. The summed E-state index contributed by atoms with van der Waals surface area (Å²) in [7, 11) is 0. The van der Waals surface area contributed by atoms with Gasteiger partial charge >= 0.3 is 0 Å². The van der Waals surface area contributed by atoms with Crippen molar-refractivity contribution < 1.29 is 0 Å². The molecule has 1 atom stereocenters. The monoisotopic (exact) mass is 289 g/mol. The SMILES string of the molecule is C[C@H](CCc1ccccc1)NCc1cccc2ccccc12. The Kier molecular flexibility index (Phi) is 4.87. The van der Waals surface area contributed by atoms with Crippen molar-refractivity contribution in [1.82, 2.24) is 5.32 Å². The molecular weight excluding hydrogens is 266 g/mol. The molecule has 0 radical (unpaired) electrons. The fourth-order valence-corrected chi connectivity index (χ4v) is 2.86. The second kappa shape index (κ2) is 7.24. The Balaban J connectivity index is 1.57. The Labute approximate surface area is 133 Å². The van der Waals surface area contributed by atoms with Gasteiger partial charge in [-0.1, -0.05) is 72.8 Å². The van der Waals surface area contributed by atoms with E-state index in [9.17, 15) is 0 Å². The van der Waals surface area contributed by atoms with Gasteiger partial charge in [-0.25, -0.2) is 0 Å². The van der Waals surface area contributed by atoms with Gasteiger partial charge in [0.15, 0.2) is 0 Å². The average molecular weight is 289 g/mol. The van der Waals surface area contributed by atoms with Crippen LogP contribution in [0.5, 0.6) is 0 Å². The molecule has 0 aromatic heterocycles. The lowest BCUT2D eigenvalue weighted by molar-refractivity contribution is 0.515. The molecule has 0 bridgehead atoms. The zero-order valence-corrected chi connectivity index (χ0v) is 13.1. The minimum atomic E-state index is 0.513. The van der Waals surface area contributed by atoms with Crippen LogP contribution in [-0.2, 0) is 13.0 Å². The van der Waals surface area contributed by atoms with Crippen LogP contribution in [0, 0.1) is 0 Å². The maximum atomic E-state index is 3.66. The second-order valence-electron chi connectivity index (χ2n) is 5.94. The first-order valence-electron chi connectivity index (χ1n) is 8.07. The molecule has 0 aliphatic rings. The number of rotatable bonds is 6. The summed E-state index contributed by atoms with van der Waals surface area (Å²) < 4.78 is 0. The van der Waals surface area contributed by atoms with Gasteiger partial charge in [0.25, 0.3) is 0 Å². The molecule has 0 amide bonds. The summed E-state index contributed by atoms with van der Waals surface area (Å²) >= 11 is 0. The number of aryl methyl sites for hydroxylation is 1. The van der Waals surface area contributed by atoms with Crippen molar-refractivity contribution in [2.45, 2.75) is 32.4 Å². The highest BCUT2D eigenvalue weighted by atomic mass is 14.9. The predicted molar refractivity (Wildman–Crippen MR) is 95.0 cm³/mol. The number of hydrogen-bond donors (Lipinski definition) is 1. The van der Waals surface area contributed by atoms with E-state index in [2.05, 4.69) is 85.0 Å². The van der Waals surface area contributed by atoms with Gasteiger partial charge in [0.05, 0.1) is 0 Å². The highest BCUT2D eigenvalue weighted by molar-refractivity contribution is 5.85. The number of benzene rings is 3. The van der Waals surface area contributed by atoms with Gasteiger partial charge in [0, 0.05) is 12.6 Å². The molecular formula is C21H23N. The molecule has 3 aromatic rings. The van der Waals surface area contributed by atoms with Gasteiger partial charge < -0.3 is 5.32 Å². The van der Waals surface area contributed by atoms with E-state index in [-0.39, 0.29) is 0 Å². The van der Waals surface area contributed by atoms with Crippen molar-refractivity contribution >= 4 is 10.8 Å². The van der Waals surface area contributed by atoms with Crippen LogP contribution in [0.3, 0.4) is 0 Å². The molecule has 22 heavy (non-hydrogen) atoms. The summed E-state index contributed by atoms with van der Waals surface area (Å²) in [5, 5.41) is 6.33. The van der Waals surface area contributed by atoms with E-state index in [1.165, 1.54) is 21.9 Å². The lowest BCUT2D eigenvalue weighted by atomic mass is 10.0. The third-order valence-corrected chi connectivity index (χ3v) is 4.23. The fraction of sp³-hybridized carbons (Fsp3) is 0.238. The summed E-state index contributed by atoms with van der Waals surface area (Å²) in [4.78, 5) is 0. The van der Waals surface area contributed by atoms with Gasteiger partial charge in [-0.05, 0) is 41.7 Å². The molecule has 0 saturated carbocycles. The van der Waals surface area contributed by atoms with Crippen molar-refractivity contribution in [1.29, 1.82) is 0 Å². The maximum absolute atomic E-state index is 3.66. The van der Waals surface area contributed by atoms with Crippen LogP contribution >= 0.6 is 0 Å². The minimum absolute atomic E-state index is 0.513. The Morgan fingerprint density at radius 3 is 2.41 bits per heavy atom. The topological polar surface area (TPSA) is 12.0 Å². The van der Waals surface area contributed by atoms with Crippen LogP contribution < -0.4 is 5.32 Å². The van der Waals surface area contributed by atoms with Crippen molar-refractivity contribution in [3.63, 3.8) is 0 Å². The van der Waals surface area contributed by atoms with Crippen LogP contribution in [-0.4, -0.2) is 6.04 Å². The molecule has 3 aromatic carbocycles. The van der Waals surface area contributed by atoms with Crippen LogP contribution in [0.1, 0.15) is 24.5 Å². The Hall–Kier alpha value is -2.12. The first kappa shape index (κ1) is 14.8. The first-order valence-corrected chi connectivity index (χ1v) is 8.07. The summed E-state index contributed by atoms with van der Waals surface area (Å²) in [6.45, 7) is 3.20. The molecule has 0 heterocycles. The van der Waals surface area contributed by atoms with E-state index in [0.717, 1.165) is 19.4 Å². The van der Waals surface area contributed by atoms with E-state index in [0.29, 0.717) is 6.04 Å². The molecule has 0 aliphatic carbocycles. The molecule has 1 heteroatoms. The predicted octanol–water partition coefficient (Wildman–Crippen LogP) is 4.95. The molecule has 0 saturated heterocycles. The van der Waals surface area contributed by atoms with Gasteiger partial charge in [-0.2, -0.15) is 0 Å². The number of nitrogens with one attached hydrogen (secondary N) is 1. The molecule has 1 N–H and O–H groups in total. The van der Waals surface area contributed by atoms with E-state index in [4.69, 9.17) is 0 Å². The summed E-state index contributed by atoms with van der Waals surface area (Å²) in [6, 6.07) is 26.4. The number of hydrogen-bond acceptors (Lipinski definition) is 1. The lowest BCUT2D eigenvalue weighted by Crippen LogP contribution is -2.26. The van der Waals surface area contributed by atoms with Crippen LogP contribution in [0.15, 0.2) is 72.8 Å². The van der Waals surface area contributed by atoms with Crippen LogP contribution in [0.4, 0.5) is 0 Å². The molecule has 3 rings (SSSR count). The van der Waals surface area contributed by atoms with Crippen LogP contribution in [0.2, 0.25) is 0 Å². The average Bonchev–Trinajstić information content (AvgIpc) is 2.59. The third-order valence-electron chi connectivity index (χ3n) is 4.23. The van der Waals surface area contributed by atoms with Crippen molar-refractivity contribution in [2.75, 3.05) is 0 Å². The van der Waals surface area contributed by atoms with Gasteiger partial charge in [-0.3, -0.25) is 0 Å². The standard InChI is InChI=1S/C21H23N/c1-17(14-15-18-8-3-2-4-9-18)22-16-20-12-7-11-19-10-5-6-13-21(19)20/h2-13,17,22H,14-16H2,1H3/t17-/m1/s1. The number of fused-ring (bicyclic) bond motifs is 1. The zero-order chi connectivity index (χ0) is 15.2. The maximum Gasteiger partial charge on any atom is 0.0214 e. The third kappa shape index (κ3) is 3.75. The molecule has 112 valence electrons. The van der Waals surface area contributed by atoms with Gasteiger partial charge in [0.2, 0.25) is 0 Å². The van der Waals surface area contributed by atoms with Crippen molar-refractivity contribution in [2.24, 2.45) is 0 Å². The smallest absolute Gasteiger partial charge is 0.0214 e. The van der Waals surface area contributed by atoms with Crippen molar-refractivity contribution in [3.8, 4) is 0 Å². The first-order chi connectivity index (χ1) is 10.8. The largest absolute Gasteiger partial charge is 0.310 e. The fourth-order valence-electron chi connectivity index (χ4n) is 2.86. The van der Waals surface area contributed by atoms with E-state index in [1.807, 2.05) is 0 Å².